The number of hydrogen-bond acceptors (Lipinski definition) is 10. The summed E-state index contributed by atoms with van der Waals surface area (Å²) in [7, 11) is 4.50. The molecule has 0 fully saturated rings. The van der Waals surface area contributed by atoms with Gasteiger partial charge >= 0.3 is 6.09 Å². The first-order valence-corrected chi connectivity index (χ1v) is 16.4. The maximum absolute atomic E-state index is 13.6. The van der Waals surface area contributed by atoms with E-state index in [1.165, 1.54) is 44.1 Å². The zero-order chi connectivity index (χ0) is 38.4. The lowest BCUT2D eigenvalue weighted by Gasteiger charge is -2.28. The zero-order valence-corrected chi connectivity index (χ0v) is 30.9. The molecule has 14 heteroatoms. The summed E-state index contributed by atoms with van der Waals surface area (Å²) < 4.78 is 18.1. The van der Waals surface area contributed by atoms with Gasteiger partial charge in [-0.25, -0.2) is 4.79 Å². The number of anilines is 2. The minimum absolute atomic E-state index is 0.0105. The molecule has 0 aliphatic carbocycles. The first kappa shape index (κ1) is 40.5. The molecular formula is C37H51N5O9. The van der Waals surface area contributed by atoms with E-state index >= 15 is 0 Å². The van der Waals surface area contributed by atoms with Gasteiger partial charge in [-0.1, -0.05) is 57.6 Å². The van der Waals surface area contributed by atoms with Gasteiger partial charge in [-0.2, -0.15) is 5.10 Å². The van der Waals surface area contributed by atoms with Crippen LogP contribution in [-0.2, 0) is 31.5 Å². The van der Waals surface area contributed by atoms with Crippen molar-refractivity contribution in [2.45, 2.75) is 84.7 Å². The molecular weight excluding hydrogens is 658 g/mol. The molecule has 2 heterocycles. The summed E-state index contributed by atoms with van der Waals surface area (Å²) in [4.78, 5) is 38.7. The van der Waals surface area contributed by atoms with Crippen LogP contribution in [0.25, 0.3) is 6.08 Å². The lowest BCUT2D eigenvalue weighted by atomic mass is 9.91. The van der Waals surface area contributed by atoms with Crippen molar-refractivity contribution in [3.05, 3.63) is 70.1 Å². The van der Waals surface area contributed by atoms with E-state index in [0.717, 1.165) is 6.07 Å². The van der Waals surface area contributed by atoms with Gasteiger partial charge in [0, 0.05) is 49.8 Å². The molecule has 14 nitrogen and oxygen atoms in total. The Morgan fingerprint density at radius 2 is 1.78 bits per heavy atom. The third kappa shape index (κ3) is 10.1. The Bertz CT molecular complexity index is 1750. The number of benzene rings is 1. The van der Waals surface area contributed by atoms with E-state index in [0.29, 0.717) is 16.8 Å². The number of amides is 3. The number of rotatable bonds is 5. The van der Waals surface area contributed by atoms with Gasteiger partial charge in [0.15, 0.2) is 6.10 Å². The Balaban J connectivity index is 2.20. The molecule has 1 aromatic carbocycles. The van der Waals surface area contributed by atoms with E-state index in [4.69, 9.17) is 19.9 Å². The van der Waals surface area contributed by atoms with Gasteiger partial charge in [0.1, 0.15) is 23.3 Å². The fraction of sp³-hybridized carbons (Fsp3) is 0.459. The van der Waals surface area contributed by atoms with Crippen molar-refractivity contribution < 1.29 is 43.9 Å². The Hall–Kier alpha value is -4.92. The van der Waals surface area contributed by atoms with E-state index in [1.807, 2.05) is 20.8 Å². The standard InChI is InChI=1S/C37H51N5O9/c1-19-14-23-30(40-35(47)25-18-29(37(5,6)7)41-42(25)8)26(43)17-24(32(23)45)39-34(46)20(2)12-11-13-27(49-9)33(51-36(38)48)22(4)16-21(3)31(44)28(15-19)50-10/h11-14,16-18,21,27-28,31,33,43-45H,15H2,1-10H3,(H2,38,48)(H,39,46)(H,40,47)/t21-,27-,28-,31+,33-/m0/s1. The van der Waals surface area contributed by atoms with Crippen molar-refractivity contribution in [3.8, 4) is 11.5 Å². The van der Waals surface area contributed by atoms with Crippen LogP contribution in [0.4, 0.5) is 16.2 Å². The SMILES string of the molecule is CO[C@H]1C=CC=C(C)C(=O)Nc2cc(O)c(NC(=O)c3cc(C(C)(C)C)nn3C)c(c2O)C=C(C)C[C@H](OC)[C@H](O)[C@@H](C)C=C(C)[C@@H]1OC(N)=O. The fourth-order valence-electron chi connectivity index (χ4n) is 5.64. The van der Waals surface area contributed by atoms with Gasteiger partial charge in [0.05, 0.1) is 29.3 Å². The number of allylic oxidation sites excluding steroid dienone is 2. The highest BCUT2D eigenvalue weighted by Gasteiger charge is 2.29. The van der Waals surface area contributed by atoms with E-state index in [9.17, 15) is 29.7 Å². The van der Waals surface area contributed by atoms with Crippen LogP contribution < -0.4 is 16.4 Å². The molecule has 51 heavy (non-hydrogen) atoms. The minimum Gasteiger partial charge on any atom is -0.506 e. The van der Waals surface area contributed by atoms with Crippen molar-refractivity contribution >= 4 is 35.4 Å². The summed E-state index contributed by atoms with van der Waals surface area (Å²) in [5.74, 6) is -2.56. The number of fused-ring (bicyclic) bond motifs is 2. The highest BCUT2D eigenvalue weighted by molar-refractivity contribution is 6.08. The molecule has 0 spiro atoms. The highest BCUT2D eigenvalue weighted by atomic mass is 16.6. The van der Waals surface area contributed by atoms with Gasteiger partial charge in [-0.15, -0.1) is 0 Å². The van der Waals surface area contributed by atoms with Crippen molar-refractivity contribution in [2.24, 2.45) is 18.7 Å². The number of aliphatic hydroxyl groups excluding tert-OH is 1. The van der Waals surface area contributed by atoms with E-state index in [-0.39, 0.29) is 40.0 Å². The van der Waals surface area contributed by atoms with Gasteiger partial charge in [0.2, 0.25) is 0 Å². The van der Waals surface area contributed by atoms with Crippen LogP contribution >= 0.6 is 0 Å². The van der Waals surface area contributed by atoms with Gasteiger partial charge in [0.25, 0.3) is 11.8 Å². The number of phenols is 2. The first-order chi connectivity index (χ1) is 23.8. The molecule has 1 aliphatic rings. The number of hydrogen-bond donors (Lipinski definition) is 6. The average molecular weight is 710 g/mol. The number of carbonyl (C=O) groups excluding carboxylic acids is 3. The Labute approximate surface area is 298 Å². The fourth-order valence-corrected chi connectivity index (χ4v) is 5.64. The average Bonchev–Trinajstić information content (AvgIpc) is 3.46. The largest absolute Gasteiger partial charge is 0.506 e. The molecule has 5 atom stereocenters. The molecule has 278 valence electrons. The molecule has 1 aliphatic heterocycles. The zero-order valence-electron chi connectivity index (χ0n) is 30.9. The number of ether oxygens (including phenoxy) is 3. The third-order valence-electron chi connectivity index (χ3n) is 8.61. The van der Waals surface area contributed by atoms with Gasteiger partial charge in [-0.3, -0.25) is 14.3 Å². The number of nitrogens with two attached hydrogens (primary N) is 1. The predicted octanol–water partition coefficient (Wildman–Crippen LogP) is 5.07. The van der Waals surface area contributed by atoms with Crippen LogP contribution in [0, 0.1) is 5.92 Å². The molecule has 2 aromatic rings. The molecule has 0 saturated heterocycles. The van der Waals surface area contributed by atoms with Crippen LogP contribution in [0.1, 0.15) is 76.6 Å². The van der Waals surface area contributed by atoms with E-state index in [1.54, 1.807) is 46.0 Å². The number of nitrogens with one attached hydrogen (secondary N) is 2. The summed E-state index contributed by atoms with van der Waals surface area (Å²) in [5.41, 5.74) is 7.07. The molecule has 2 bridgehead atoms. The number of aliphatic hydroxyl groups is 1. The number of methoxy groups -OCH3 is 2. The summed E-state index contributed by atoms with van der Waals surface area (Å²) in [5, 5.41) is 44.0. The monoisotopic (exact) mass is 709 g/mol. The second kappa shape index (κ2) is 16.9. The second-order valence-electron chi connectivity index (χ2n) is 13.8. The smallest absolute Gasteiger partial charge is 0.405 e. The normalized spacial score (nSPS) is 22.4. The molecule has 0 unspecified atom stereocenters. The maximum atomic E-state index is 13.6. The number of aromatic hydroxyl groups is 2. The Morgan fingerprint density at radius 1 is 1.12 bits per heavy atom. The first-order valence-electron chi connectivity index (χ1n) is 16.4. The summed E-state index contributed by atoms with van der Waals surface area (Å²) in [6.45, 7) is 12.7. The lowest BCUT2D eigenvalue weighted by Crippen LogP contribution is -2.36. The summed E-state index contributed by atoms with van der Waals surface area (Å²) >= 11 is 0. The number of aromatic nitrogens is 2. The number of phenolic OH excluding ortho intramolecular Hbond substituents is 2. The molecule has 1 aromatic heterocycles. The third-order valence-corrected chi connectivity index (χ3v) is 8.61. The Kier molecular flexibility index (Phi) is 13.4. The molecule has 3 rings (SSSR count). The number of carbonyl (C=O) groups is 3. The number of nitrogens with zero attached hydrogens (tertiary/aromatic N) is 2. The van der Waals surface area contributed by atoms with Crippen LogP contribution in [0.2, 0.25) is 0 Å². The van der Waals surface area contributed by atoms with Crippen molar-refractivity contribution in [1.29, 1.82) is 0 Å². The van der Waals surface area contributed by atoms with Crippen LogP contribution in [-0.4, -0.2) is 81.6 Å². The highest BCUT2D eigenvalue weighted by Crippen LogP contribution is 2.43. The molecule has 0 radical (unpaired) electrons. The van der Waals surface area contributed by atoms with Crippen molar-refractivity contribution in [2.75, 3.05) is 24.9 Å². The predicted molar refractivity (Wildman–Crippen MR) is 194 cm³/mol. The molecule has 7 N–H and O–H groups in total. The number of primary amides is 1. The van der Waals surface area contributed by atoms with Crippen LogP contribution in [0.3, 0.4) is 0 Å². The molecule has 3 amide bonds. The lowest BCUT2D eigenvalue weighted by molar-refractivity contribution is -0.112. The van der Waals surface area contributed by atoms with Crippen molar-refractivity contribution in [1.82, 2.24) is 9.78 Å². The van der Waals surface area contributed by atoms with Gasteiger partial charge < -0.3 is 45.9 Å². The minimum atomic E-state index is -1.06. The summed E-state index contributed by atoms with van der Waals surface area (Å²) in [6, 6.07) is 2.79. The summed E-state index contributed by atoms with van der Waals surface area (Å²) in [6.07, 6.45) is 3.43. The van der Waals surface area contributed by atoms with Gasteiger partial charge in [-0.05, 0) is 44.9 Å². The number of aryl methyl sites for hydroxylation is 1. The maximum Gasteiger partial charge on any atom is 0.405 e. The van der Waals surface area contributed by atoms with Crippen molar-refractivity contribution in [3.63, 3.8) is 0 Å². The Morgan fingerprint density at radius 3 is 2.35 bits per heavy atom. The van der Waals surface area contributed by atoms with E-state index in [2.05, 4.69) is 15.7 Å². The van der Waals surface area contributed by atoms with Crippen LogP contribution in [0.5, 0.6) is 11.5 Å². The topological polar surface area (TPSA) is 207 Å². The van der Waals surface area contributed by atoms with E-state index < -0.39 is 59.7 Å². The molecule has 0 saturated carbocycles. The van der Waals surface area contributed by atoms with Crippen LogP contribution in [0.15, 0.2) is 53.2 Å². The second-order valence-corrected chi connectivity index (χ2v) is 13.8. The quantitative estimate of drug-likeness (QED) is 0.138.